The highest BCUT2D eigenvalue weighted by Crippen LogP contribution is 2.35. The van der Waals surface area contributed by atoms with Crippen molar-refractivity contribution in [2.24, 2.45) is 5.92 Å². The predicted molar refractivity (Wildman–Crippen MR) is 91.4 cm³/mol. The number of benzene rings is 1. The first kappa shape index (κ1) is 16.6. The van der Waals surface area contributed by atoms with Gasteiger partial charge in [-0.05, 0) is 42.3 Å². The Morgan fingerprint density at radius 2 is 1.90 bits per heavy atom. The maximum Gasteiger partial charge on any atom is 0.119 e. The maximum absolute atomic E-state index is 6.34. The fraction of sp³-hybridized carbons (Fsp3) is 0.312. The van der Waals surface area contributed by atoms with E-state index in [1.165, 1.54) is 0 Å². The molecule has 0 radical (unpaired) electrons. The number of halogens is 2. The summed E-state index contributed by atoms with van der Waals surface area (Å²) in [6, 6.07) is 9.59. The molecule has 5 heteroatoms. The van der Waals surface area contributed by atoms with Gasteiger partial charge in [0, 0.05) is 22.7 Å². The van der Waals surface area contributed by atoms with Crippen LogP contribution in [0.15, 0.2) is 46.5 Å². The van der Waals surface area contributed by atoms with Gasteiger partial charge in [0.25, 0.3) is 0 Å². The molecule has 0 saturated carbocycles. The summed E-state index contributed by atoms with van der Waals surface area (Å²) in [5.41, 5.74) is 1.09. The van der Waals surface area contributed by atoms with Crippen molar-refractivity contribution in [3.63, 3.8) is 0 Å². The van der Waals surface area contributed by atoms with E-state index in [2.05, 4.69) is 24.1 Å². The van der Waals surface area contributed by atoms with Crippen LogP contribution in [0.4, 0.5) is 0 Å². The van der Waals surface area contributed by atoms with E-state index in [9.17, 15) is 0 Å². The molecule has 1 heterocycles. The van der Waals surface area contributed by atoms with Crippen LogP contribution in [0, 0.1) is 5.92 Å². The van der Waals surface area contributed by atoms with Crippen molar-refractivity contribution in [2.45, 2.75) is 30.3 Å². The van der Waals surface area contributed by atoms with Crippen LogP contribution in [0.1, 0.15) is 19.4 Å². The smallest absolute Gasteiger partial charge is 0.119 e. The van der Waals surface area contributed by atoms with Crippen molar-refractivity contribution in [1.82, 2.24) is 10.3 Å². The molecule has 2 rings (SSSR count). The van der Waals surface area contributed by atoms with E-state index in [0.717, 1.165) is 33.6 Å². The van der Waals surface area contributed by atoms with Crippen molar-refractivity contribution < 1.29 is 0 Å². The molecule has 1 aromatic heterocycles. The molecular formula is C16H18Cl2N2S. The Bertz CT molecular complexity index is 603. The molecular weight excluding hydrogens is 323 g/mol. The molecule has 0 unspecified atom stereocenters. The van der Waals surface area contributed by atoms with E-state index in [1.54, 1.807) is 18.0 Å². The van der Waals surface area contributed by atoms with Gasteiger partial charge >= 0.3 is 0 Å². The Morgan fingerprint density at radius 1 is 1.14 bits per heavy atom. The van der Waals surface area contributed by atoms with Gasteiger partial charge in [0.15, 0.2) is 0 Å². The summed E-state index contributed by atoms with van der Waals surface area (Å²) in [5, 5.41) is 5.65. The molecule has 2 nitrogen and oxygen atoms in total. The first-order valence-electron chi connectivity index (χ1n) is 6.84. The summed E-state index contributed by atoms with van der Waals surface area (Å²) >= 11 is 14.1. The molecule has 0 spiro atoms. The summed E-state index contributed by atoms with van der Waals surface area (Å²) in [4.78, 5) is 5.40. The topological polar surface area (TPSA) is 24.9 Å². The zero-order valence-corrected chi connectivity index (χ0v) is 14.4. The lowest BCUT2D eigenvalue weighted by atomic mass is 10.2. The minimum Gasteiger partial charge on any atom is -0.312 e. The highest BCUT2D eigenvalue weighted by Gasteiger charge is 2.11. The number of nitrogens with one attached hydrogen (secondary N) is 1. The molecule has 21 heavy (non-hydrogen) atoms. The monoisotopic (exact) mass is 340 g/mol. The zero-order valence-electron chi connectivity index (χ0n) is 12.1. The maximum atomic E-state index is 6.34. The molecule has 0 aliphatic heterocycles. The highest BCUT2D eigenvalue weighted by molar-refractivity contribution is 7.99. The number of hydrogen-bond acceptors (Lipinski definition) is 3. The molecule has 0 atom stereocenters. The molecule has 0 amide bonds. The Kier molecular flexibility index (Phi) is 6.37. The van der Waals surface area contributed by atoms with Gasteiger partial charge in [0.1, 0.15) is 5.03 Å². The van der Waals surface area contributed by atoms with Crippen LogP contribution in [0.5, 0.6) is 0 Å². The van der Waals surface area contributed by atoms with E-state index in [-0.39, 0.29) is 0 Å². The van der Waals surface area contributed by atoms with Crippen molar-refractivity contribution in [1.29, 1.82) is 0 Å². The Hall–Kier alpha value is -0.740. The number of pyridine rings is 1. The fourth-order valence-corrected chi connectivity index (χ4v) is 3.32. The summed E-state index contributed by atoms with van der Waals surface area (Å²) in [7, 11) is 0. The Morgan fingerprint density at radius 3 is 2.62 bits per heavy atom. The van der Waals surface area contributed by atoms with E-state index in [4.69, 9.17) is 23.2 Å². The van der Waals surface area contributed by atoms with Gasteiger partial charge in [-0.3, -0.25) is 0 Å². The van der Waals surface area contributed by atoms with E-state index in [1.807, 2.05) is 30.3 Å². The molecule has 1 N–H and O–H groups in total. The molecule has 0 aliphatic rings. The highest BCUT2D eigenvalue weighted by atomic mass is 35.5. The van der Waals surface area contributed by atoms with Crippen LogP contribution >= 0.6 is 35.0 Å². The number of hydrogen-bond donors (Lipinski definition) is 1. The minimum absolute atomic E-state index is 0.605. The van der Waals surface area contributed by atoms with E-state index < -0.39 is 0 Å². The van der Waals surface area contributed by atoms with Crippen LogP contribution in [0.25, 0.3) is 0 Å². The quantitative estimate of drug-likeness (QED) is 0.773. The second-order valence-corrected chi connectivity index (χ2v) is 6.98. The lowest BCUT2D eigenvalue weighted by Crippen LogP contribution is -2.19. The van der Waals surface area contributed by atoms with Crippen LogP contribution in [-0.2, 0) is 6.54 Å². The van der Waals surface area contributed by atoms with Crippen LogP contribution in [0.2, 0.25) is 10.0 Å². The average molecular weight is 341 g/mol. The third kappa shape index (κ3) is 4.89. The zero-order chi connectivity index (χ0) is 15.2. The van der Waals surface area contributed by atoms with Crippen LogP contribution in [0.3, 0.4) is 0 Å². The fourth-order valence-electron chi connectivity index (χ4n) is 1.84. The molecule has 2 aromatic rings. The van der Waals surface area contributed by atoms with E-state index >= 15 is 0 Å². The number of nitrogens with zero attached hydrogens (tertiary/aromatic N) is 1. The lowest BCUT2D eigenvalue weighted by Gasteiger charge is -2.13. The molecule has 112 valence electrons. The van der Waals surface area contributed by atoms with E-state index in [0.29, 0.717) is 10.9 Å². The molecule has 0 fully saturated rings. The van der Waals surface area contributed by atoms with Gasteiger partial charge in [-0.2, -0.15) is 0 Å². The predicted octanol–water partition coefficient (Wildman–Crippen LogP) is 5.29. The van der Waals surface area contributed by atoms with Gasteiger partial charge < -0.3 is 5.32 Å². The Labute approximate surface area is 140 Å². The number of rotatable bonds is 6. The standard InChI is InChI=1S/C16H18Cl2N2S/c1-11(2)9-19-10-12-13(17)5-3-7-15(12)21-16-14(18)6-4-8-20-16/h3-8,11,19H,9-10H2,1-2H3. The summed E-state index contributed by atoms with van der Waals surface area (Å²) in [5.74, 6) is 0.605. The SMILES string of the molecule is CC(C)CNCc1c(Cl)cccc1Sc1ncccc1Cl. The third-order valence-electron chi connectivity index (χ3n) is 2.86. The lowest BCUT2D eigenvalue weighted by molar-refractivity contribution is 0.550. The second-order valence-electron chi connectivity index (χ2n) is 5.13. The van der Waals surface area contributed by atoms with Crippen LogP contribution in [-0.4, -0.2) is 11.5 Å². The van der Waals surface area contributed by atoms with Gasteiger partial charge in [-0.15, -0.1) is 0 Å². The largest absolute Gasteiger partial charge is 0.312 e. The van der Waals surface area contributed by atoms with Crippen LogP contribution < -0.4 is 5.32 Å². The molecule has 1 aromatic carbocycles. The van der Waals surface area contributed by atoms with Gasteiger partial charge in [-0.1, -0.05) is 54.9 Å². The Balaban J connectivity index is 2.19. The number of aromatic nitrogens is 1. The second kappa shape index (κ2) is 8.04. The normalized spacial score (nSPS) is 11.1. The van der Waals surface area contributed by atoms with Crippen molar-refractivity contribution >= 4 is 35.0 Å². The molecule has 0 aliphatic carbocycles. The summed E-state index contributed by atoms with van der Waals surface area (Å²) < 4.78 is 0. The first-order chi connectivity index (χ1) is 10.1. The van der Waals surface area contributed by atoms with Crippen molar-refractivity contribution in [3.05, 3.63) is 52.1 Å². The van der Waals surface area contributed by atoms with Gasteiger partial charge in [-0.25, -0.2) is 4.98 Å². The van der Waals surface area contributed by atoms with Crippen molar-refractivity contribution in [3.8, 4) is 0 Å². The van der Waals surface area contributed by atoms with Crippen molar-refractivity contribution in [2.75, 3.05) is 6.54 Å². The summed E-state index contributed by atoms with van der Waals surface area (Å²) in [6.45, 7) is 6.07. The van der Waals surface area contributed by atoms with Gasteiger partial charge in [0.05, 0.1) is 5.02 Å². The average Bonchev–Trinajstić information content (AvgIpc) is 2.44. The minimum atomic E-state index is 0.605. The molecule has 0 bridgehead atoms. The van der Waals surface area contributed by atoms with Gasteiger partial charge in [0.2, 0.25) is 0 Å². The first-order valence-corrected chi connectivity index (χ1v) is 8.41. The molecule has 0 saturated heterocycles. The third-order valence-corrected chi connectivity index (χ3v) is 4.75. The summed E-state index contributed by atoms with van der Waals surface area (Å²) in [6.07, 6.45) is 1.75.